The molecule has 4 rings (SSSR count). The zero-order valence-electron chi connectivity index (χ0n) is 16.4. The first-order chi connectivity index (χ1) is 14.5. The summed E-state index contributed by atoms with van der Waals surface area (Å²) in [6, 6.07) is 6.07. The molecule has 0 saturated carbocycles. The highest BCUT2D eigenvalue weighted by atomic mass is 19.1. The van der Waals surface area contributed by atoms with E-state index in [9.17, 15) is 14.3 Å². The van der Waals surface area contributed by atoms with Crippen LogP contribution in [0.25, 0.3) is 10.9 Å². The summed E-state index contributed by atoms with van der Waals surface area (Å²) in [6.07, 6.45) is 0.783. The minimum Gasteiger partial charge on any atom is -0.391 e. The van der Waals surface area contributed by atoms with Crippen molar-refractivity contribution < 1.29 is 19.0 Å². The molecule has 1 saturated heterocycles. The molecular formula is C20H23FN6O3. The monoisotopic (exact) mass is 414 g/mol. The Hall–Kier alpha value is -3.24. The molecule has 0 bridgehead atoms. The minimum atomic E-state index is -0.875. The Balaban J connectivity index is 1.46. The lowest BCUT2D eigenvalue weighted by atomic mass is 10.0. The predicted octanol–water partition coefficient (Wildman–Crippen LogP) is 2.18. The highest BCUT2D eigenvalue weighted by Crippen LogP contribution is 2.25. The topological polar surface area (TPSA) is 115 Å². The van der Waals surface area contributed by atoms with E-state index in [-0.39, 0.29) is 5.82 Å². The number of pyridine rings is 1. The molecule has 2 unspecified atom stereocenters. The van der Waals surface area contributed by atoms with Crippen molar-refractivity contribution in [3.05, 3.63) is 47.9 Å². The molecule has 3 heterocycles. The van der Waals surface area contributed by atoms with Crippen LogP contribution in [-0.2, 0) is 4.74 Å². The minimum absolute atomic E-state index is 0.334. The van der Waals surface area contributed by atoms with Crippen LogP contribution in [0.1, 0.15) is 18.5 Å². The predicted molar refractivity (Wildman–Crippen MR) is 110 cm³/mol. The zero-order chi connectivity index (χ0) is 21.1. The lowest BCUT2D eigenvalue weighted by Gasteiger charge is -2.26. The van der Waals surface area contributed by atoms with Gasteiger partial charge in [-0.05, 0) is 24.6 Å². The van der Waals surface area contributed by atoms with Crippen molar-refractivity contribution in [2.24, 2.45) is 0 Å². The van der Waals surface area contributed by atoms with Gasteiger partial charge in [0.05, 0.1) is 36.3 Å². The lowest BCUT2D eigenvalue weighted by molar-refractivity contribution is 0.122. The first-order valence-corrected chi connectivity index (χ1v) is 9.69. The van der Waals surface area contributed by atoms with Crippen LogP contribution in [0, 0.1) is 5.82 Å². The van der Waals surface area contributed by atoms with E-state index in [0.717, 1.165) is 29.8 Å². The maximum absolute atomic E-state index is 13.2. The first-order valence-electron chi connectivity index (χ1n) is 9.69. The molecule has 9 nitrogen and oxygen atoms in total. The van der Waals surface area contributed by atoms with E-state index in [4.69, 9.17) is 4.74 Å². The number of H-pyrrole nitrogens is 1. The average molecular weight is 414 g/mol. The number of aliphatic hydroxyl groups is 1. The molecule has 1 aliphatic heterocycles. The van der Waals surface area contributed by atoms with Crippen molar-refractivity contribution in [3.63, 3.8) is 0 Å². The number of morpholine rings is 1. The van der Waals surface area contributed by atoms with E-state index in [1.807, 2.05) is 0 Å². The maximum Gasteiger partial charge on any atom is 0.320 e. The normalized spacial score (nSPS) is 16.3. The van der Waals surface area contributed by atoms with Gasteiger partial charge in [-0.3, -0.25) is 10.4 Å². The van der Waals surface area contributed by atoms with Crippen molar-refractivity contribution in [2.75, 3.05) is 36.5 Å². The summed E-state index contributed by atoms with van der Waals surface area (Å²) >= 11 is 0. The Morgan fingerprint density at radius 3 is 2.73 bits per heavy atom. The first kappa shape index (κ1) is 20.0. The Kier molecular flexibility index (Phi) is 5.77. The van der Waals surface area contributed by atoms with Gasteiger partial charge in [-0.1, -0.05) is 12.1 Å². The fourth-order valence-electron chi connectivity index (χ4n) is 3.43. The lowest BCUT2D eigenvalue weighted by Crippen LogP contribution is -2.38. The Morgan fingerprint density at radius 2 is 2.03 bits per heavy atom. The molecule has 3 aromatic rings. The number of nitrogens with one attached hydrogen (secondary N) is 3. The van der Waals surface area contributed by atoms with E-state index in [1.54, 1.807) is 19.2 Å². The summed E-state index contributed by atoms with van der Waals surface area (Å²) in [6.45, 7) is 4.37. The number of ether oxygens (including phenoxy) is 1. The number of fused-ring (bicyclic) bond motifs is 1. The van der Waals surface area contributed by atoms with Crippen LogP contribution >= 0.6 is 0 Å². The molecule has 0 radical (unpaired) electrons. The fraction of sp³-hybridized carbons (Fsp3) is 0.350. The second kappa shape index (κ2) is 8.64. The summed E-state index contributed by atoms with van der Waals surface area (Å²) in [5.74, 6) is 0.754. The van der Waals surface area contributed by atoms with Gasteiger partial charge in [0, 0.05) is 25.4 Å². The number of aromatic nitrogens is 3. The summed E-state index contributed by atoms with van der Waals surface area (Å²) in [7, 11) is 0. The number of hydrogen-bond acceptors (Lipinski definition) is 6. The van der Waals surface area contributed by atoms with Crippen LogP contribution in [0.15, 0.2) is 36.5 Å². The van der Waals surface area contributed by atoms with E-state index < -0.39 is 18.2 Å². The van der Waals surface area contributed by atoms with E-state index in [2.05, 4.69) is 30.7 Å². The van der Waals surface area contributed by atoms with Crippen molar-refractivity contribution in [1.82, 2.24) is 20.5 Å². The number of benzene rings is 1. The van der Waals surface area contributed by atoms with Crippen molar-refractivity contribution >= 4 is 28.6 Å². The molecule has 1 fully saturated rings. The van der Waals surface area contributed by atoms with Gasteiger partial charge in [0.25, 0.3) is 0 Å². The van der Waals surface area contributed by atoms with Crippen LogP contribution < -0.4 is 15.5 Å². The van der Waals surface area contributed by atoms with E-state index in [0.29, 0.717) is 24.6 Å². The Morgan fingerprint density at radius 1 is 1.30 bits per heavy atom. The SMILES string of the molecule is CC(O)C(NC(=O)Nc1cc2[nH]nc(N3CCOCC3)c2cn1)c1ccc(F)cc1. The quantitative estimate of drug-likeness (QED) is 0.509. The van der Waals surface area contributed by atoms with Crippen molar-refractivity contribution in [3.8, 4) is 0 Å². The highest BCUT2D eigenvalue weighted by molar-refractivity contribution is 5.94. The van der Waals surface area contributed by atoms with Crippen molar-refractivity contribution in [1.29, 1.82) is 0 Å². The molecular weight excluding hydrogens is 391 g/mol. The molecule has 0 aliphatic carbocycles. The summed E-state index contributed by atoms with van der Waals surface area (Å²) in [4.78, 5) is 18.9. The van der Waals surface area contributed by atoms with Crippen LogP contribution in [0.4, 0.5) is 20.8 Å². The largest absolute Gasteiger partial charge is 0.391 e. The van der Waals surface area contributed by atoms with Crippen LogP contribution in [0.5, 0.6) is 0 Å². The zero-order valence-corrected chi connectivity index (χ0v) is 16.4. The van der Waals surface area contributed by atoms with Gasteiger partial charge >= 0.3 is 6.03 Å². The van der Waals surface area contributed by atoms with Crippen LogP contribution in [0.2, 0.25) is 0 Å². The number of aromatic amines is 1. The van der Waals surface area contributed by atoms with Gasteiger partial charge < -0.3 is 20.1 Å². The van der Waals surface area contributed by atoms with E-state index >= 15 is 0 Å². The van der Waals surface area contributed by atoms with Gasteiger partial charge in [-0.25, -0.2) is 14.2 Å². The second-order valence-corrected chi connectivity index (χ2v) is 7.13. The smallest absolute Gasteiger partial charge is 0.320 e. The number of aliphatic hydroxyl groups excluding tert-OH is 1. The number of nitrogens with zero attached hydrogens (tertiary/aromatic N) is 3. The number of anilines is 2. The summed E-state index contributed by atoms with van der Waals surface area (Å²) in [5, 5.41) is 23.6. The molecule has 0 spiro atoms. The molecule has 4 N–H and O–H groups in total. The van der Waals surface area contributed by atoms with Gasteiger partial charge in [0.1, 0.15) is 11.6 Å². The number of amides is 2. The number of urea groups is 1. The molecule has 158 valence electrons. The number of carbonyl (C=O) groups excluding carboxylic acids is 1. The van der Waals surface area contributed by atoms with Gasteiger partial charge in [0.15, 0.2) is 5.82 Å². The number of hydrogen-bond donors (Lipinski definition) is 4. The third-order valence-corrected chi connectivity index (χ3v) is 4.98. The molecule has 1 aliphatic rings. The average Bonchev–Trinajstić information content (AvgIpc) is 3.16. The van der Waals surface area contributed by atoms with Gasteiger partial charge in [0.2, 0.25) is 0 Å². The number of carbonyl (C=O) groups is 1. The highest BCUT2D eigenvalue weighted by Gasteiger charge is 2.21. The number of rotatable bonds is 5. The van der Waals surface area contributed by atoms with Gasteiger partial charge in [-0.15, -0.1) is 0 Å². The molecule has 30 heavy (non-hydrogen) atoms. The van der Waals surface area contributed by atoms with Crippen molar-refractivity contribution in [2.45, 2.75) is 19.1 Å². The Bertz CT molecular complexity index is 1020. The van der Waals surface area contributed by atoms with E-state index in [1.165, 1.54) is 24.3 Å². The standard InChI is InChI=1S/C20H23FN6O3/c1-12(28)18(13-2-4-14(21)5-3-13)24-20(29)23-17-10-16-15(11-22-17)19(26-25-16)27-6-8-30-9-7-27/h2-5,10-12,18,28H,6-9H2,1H3,(H,25,26)(H2,22,23,24,29). The third-order valence-electron chi connectivity index (χ3n) is 4.98. The van der Waals surface area contributed by atoms with Crippen LogP contribution in [0.3, 0.4) is 0 Å². The molecule has 2 amide bonds. The Labute approximate surface area is 172 Å². The van der Waals surface area contributed by atoms with Gasteiger partial charge in [-0.2, -0.15) is 5.10 Å². The molecule has 10 heteroatoms. The fourth-order valence-corrected chi connectivity index (χ4v) is 3.43. The molecule has 1 aromatic carbocycles. The second-order valence-electron chi connectivity index (χ2n) is 7.13. The third kappa shape index (κ3) is 4.34. The van der Waals surface area contributed by atoms with Crippen LogP contribution in [-0.4, -0.2) is 58.7 Å². The number of halogens is 1. The summed E-state index contributed by atoms with van der Waals surface area (Å²) in [5.41, 5.74) is 1.33. The summed E-state index contributed by atoms with van der Waals surface area (Å²) < 4.78 is 18.5. The maximum atomic E-state index is 13.2. The molecule has 2 aromatic heterocycles. The molecule has 2 atom stereocenters.